The average molecular weight is 407 g/mol. The summed E-state index contributed by atoms with van der Waals surface area (Å²) in [4.78, 5) is 2.65. The van der Waals surface area contributed by atoms with Crippen LogP contribution in [0.5, 0.6) is 0 Å². The zero-order valence-corrected chi connectivity index (χ0v) is 18.0. The molecule has 1 saturated heterocycles. The van der Waals surface area contributed by atoms with Crippen molar-refractivity contribution in [1.29, 1.82) is 0 Å². The number of benzene rings is 1. The molecule has 4 rings (SSSR count). The second-order valence-electron chi connectivity index (χ2n) is 7.68. The number of nitrogens with zero attached hydrogens (tertiary/aromatic N) is 4. The first-order valence-corrected chi connectivity index (χ1v) is 11.7. The lowest BCUT2D eigenvalue weighted by Crippen LogP contribution is -2.49. The van der Waals surface area contributed by atoms with Crippen molar-refractivity contribution in [3.05, 3.63) is 33.3 Å². The maximum atomic E-state index is 13.4. The lowest BCUT2D eigenvalue weighted by Gasteiger charge is -2.34. The van der Waals surface area contributed by atoms with Gasteiger partial charge in [0.1, 0.15) is 5.01 Å². The molecule has 0 atom stereocenters. The van der Waals surface area contributed by atoms with Crippen LogP contribution in [0.2, 0.25) is 0 Å². The van der Waals surface area contributed by atoms with Gasteiger partial charge in [-0.3, -0.25) is 0 Å². The molecule has 2 fully saturated rings. The van der Waals surface area contributed by atoms with Crippen LogP contribution in [0.4, 0.5) is 5.13 Å². The number of hydrogen-bond donors (Lipinski definition) is 0. The van der Waals surface area contributed by atoms with Gasteiger partial charge in [-0.2, -0.15) is 4.31 Å². The molecular weight excluding hydrogens is 380 g/mol. The molecule has 0 bridgehead atoms. The monoisotopic (exact) mass is 406 g/mol. The molecule has 2 aromatic rings. The lowest BCUT2D eigenvalue weighted by molar-refractivity contribution is 0.384. The predicted molar refractivity (Wildman–Crippen MR) is 108 cm³/mol. The lowest BCUT2D eigenvalue weighted by atomic mass is 10.0. The summed E-state index contributed by atoms with van der Waals surface area (Å²) in [6, 6.07) is 2.06. The van der Waals surface area contributed by atoms with Crippen molar-refractivity contribution in [3.63, 3.8) is 0 Å². The number of sulfonamides is 1. The summed E-state index contributed by atoms with van der Waals surface area (Å²) in [5.74, 6) is 0.605. The fourth-order valence-corrected chi connectivity index (χ4v) is 6.73. The van der Waals surface area contributed by atoms with Gasteiger partial charge < -0.3 is 4.90 Å². The maximum Gasteiger partial charge on any atom is 0.243 e. The second kappa shape index (κ2) is 6.83. The molecule has 1 aliphatic heterocycles. The molecule has 8 heteroatoms. The second-order valence-corrected chi connectivity index (χ2v) is 10.5. The fourth-order valence-electron chi connectivity index (χ4n) is 3.67. The zero-order chi connectivity index (χ0) is 19.3. The van der Waals surface area contributed by atoms with Gasteiger partial charge in [-0.15, -0.1) is 10.2 Å². The summed E-state index contributed by atoms with van der Waals surface area (Å²) in [5, 5.41) is 10.7. The van der Waals surface area contributed by atoms with Crippen molar-refractivity contribution in [2.45, 2.75) is 51.3 Å². The van der Waals surface area contributed by atoms with Crippen LogP contribution in [0.1, 0.15) is 46.0 Å². The normalized spacial score (nSPS) is 18.9. The molecule has 27 heavy (non-hydrogen) atoms. The van der Waals surface area contributed by atoms with Gasteiger partial charge in [0.15, 0.2) is 0 Å². The minimum Gasteiger partial charge on any atom is -0.344 e. The quantitative estimate of drug-likeness (QED) is 0.780. The van der Waals surface area contributed by atoms with Crippen LogP contribution in [0, 0.1) is 27.7 Å². The van der Waals surface area contributed by atoms with Crippen LogP contribution in [0.15, 0.2) is 11.0 Å². The highest BCUT2D eigenvalue weighted by Crippen LogP contribution is 2.42. The molecule has 1 aromatic heterocycles. The van der Waals surface area contributed by atoms with Crippen molar-refractivity contribution in [3.8, 4) is 0 Å². The molecule has 0 amide bonds. The molecule has 0 radical (unpaired) electrons. The van der Waals surface area contributed by atoms with E-state index < -0.39 is 10.0 Å². The predicted octanol–water partition coefficient (Wildman–Crippen LogP) is 3.16. The number of piperazine rings is 1. The first-order valence-electron chi connectivity index (χ1n) is 9.45. The number of hydrogen-bond acceptors (Lipinski definition) is 6. The first kappa shape index (κ1) is 18.8. The van der Waals surface area contributed by atoms with E-state index >= 15 is 0 Å². The Bertz CT molecular complexity index is 946. The van der Waals surface area contributed by atoms with E-state index in [9.17, 15) is 8.42 Å². The summed E-state index contributed by atoms with van der Waals surface area (Å²) in [6.45, 7) is 10.0. The van der Waals surface area contributed by atoms with E-state index in [0.717, 1.165) is 32.4 Å². The summed E-state index contributed by atoms with van der Waals surface area (Å²) in [6.07, 6.45) is 2.44. The average Bonchev–Trinajstić information content (AvgIpc) is 3.37. The molecule has 1 saturated carbocycles. The largest absolute Gasteiger partial charge is 0.344 e. The molecule has 6 nitrogen and oxygen atoms in total. The summed E-state index contributed by atoms with van der Waals surface area (Å²) in [5.41, 5.74) is 3.77. The molecular formula is C19H26N4O2S2. The Balaban J connectivity index is 1.53. The molecule has 2 heterocycles. The fraction of sp³-hybridized carbons (Fsp3) is 0.579. The molecule has 2 aliphatic rings. The van der Waals surface area contributed by atoms with Gasteiger partial charge in [-0.05, 0) is 62.8 Å². The Morgan fingerprint density at radius 3 is 2.11 bits per heavy atom. The van der Waals surface area contributed by atoms with Crippen molar-refractivity contribution < 1.29 is 8.42 Å². The number of anilines is 1. The minimum atomic E-state index is -3.50. The van der Waals surface area contributed by atoms with Crippen LogP contribution in [0.3, 0.4) is 0 Å². The van der Waals surface area contributed by atoms with Crippen molar-refractivity contribution in [1.82, 2.24) is 14.5 Å². The van der Waals surface area contributed by atoms with Gasteiger partial charge in [0.05, 0.1) is 4.90 Å². The minimum absolute atomic E-state index is 0.479. The van der Waals surface area contributed by atoms with Crippen LogP contribution in [-0.2, 0) is 10.0 Å². The van der Waals surface area contributed by atoms with Gasteiger partial charge in [-0.1, -0.05) is 17.4 Å². The van der Waals surface area contributed by atoms with Gasteiger partial charge >= 0.3 is 0 Å². The van der Waals surface area contributed by atoms with Crippen LogP contribution in [0.25, 0.3) is 0 Å². The molecule has 1 aromatic carbocycles. The van der Waals surface area contributed by atoms with Crippen molar-refractivity contribution in [2.24, 2.45) is 0 Å². The van der Waals surface area contributed by atoms with E-state index in [1.807, 2.05) is 27.7 Å². The number of aromatic nitrogens is 2. The van der Waals surface area contributed by atoms with Gasteiger partial charge in [0, 0.05) is 32.1 Å². The third-order valence-electron chi connectivity index (χ3n) is 5.76. The molecule has 0 unspecified atom stereocenters. The smallest absolute Gasteiger partial charge is 0.243 e. The Labute approximate surface area is 165 Å². The van der Waals surface area contributed by atoms with E-state index in [4.69, 9.17) is 0 Å². The third-order valence-corrected chi connectivity index (χ3v) is 9.08. The standard InChI is InChI=1S/C19H26N4O2S2/c1-12-11-13(2)15(4)17(14(12)3)27(24,25)23-9-7-22(8-10-23)19-21-20-18(26-19)16-5-6-16/h11,16H,5-10H2,1-4H3. The number of aryl methyl sites for hydroxylation is 2. The summed E-state index contributed by atoms with van der Waals surface area (Å²) in [7, 11) is -3.50. The Morgan fingerprint density at radius 1 is 0.963 bits per heavy atom. The van der Waals surface area contributed by atoms with Crippen molar-refractivity contribution >= 4 is 26.5 Å². The number of rotatable bonds is 4. The van der Waals surface area contributed by atoms with E-state index in [1.54, 1.807) is 15.6 Å². The SMILES string of the molecule is Cc1cc(C)c(C)c(S(=O)(=O)N2CCN(c3nnc(C4CC4)s3)CC2)c1C. The zero-order valence-electron chi connectivity index (χ0n) is 16.3. The highest BCUT2D eigenvalue weighted by molar-refractivity contribution is 7.89. The van der Waals surface area contributed by atoms with Gasteiger partial charge in [-0.25, -0.2) is 8.42 Å². The third kappa shape index (κ3) is 3.39. The van der Waals surface area contributed by atoms with Crippen LogP contribution < -0.4 is 4.90 Å². The Hall–Kier alpha value is -1.51. The van der Waals surface area contributed by atoms with Gasteiger partial charge in [0.25, 0.3) is 0 Å². The summed E-state index contributed by atoms with van der Waals surface area (Å²) < 4.78 is 28.3. The van der Waals surface area contributed by atoms with Crippen LogP contribution in [-0.4, -0.2) is 49.1 Å². The Morgan fingerprint density at radius 2 is 1.56 bits per heavy atom. The van der Waals surface area contributed by atoms with E-state index in [-0.39, 0.29) is 0 Å². The first-order chi connectivity index (χ1) is 12.8. The summed E-state index contributed by atoms with van der Waals surface area (Å²) >= 11 is 1.66. The van der Waals surface area contributed by atoms with E-state index in [1.165, 1.54) is 12.8 Å². The topological polar surface area (TPSA) is 66.4 Å². The maximum absolute atomic E-state index is 13.4. The molecule has 1 aliphatic carbocycles. The highest BCUT2D eigenvalue weighted by Gasteiger charge is 2.33. The van der Waals surface area contributed by atoms with Gasteiger partial charge in [0.2, 0.25) is 15.2 Å². The van der Waals surface area contributed by atoms with E-state index in [2.05, 4.69) is 21.2 Å². The Kier molecular flexibility index (Phi) is 4.76. The highest BCUT2D eigenvalue weighted by atomic mass is 32.2. The van der Waals surface area contributed by atoms with Crippen LogP contribution >= 0.6 is 11.3 Å². The molecule has 0 spiro atoms. The van der Waals surface area contributed by atoms with Crippen molar-refractivity contribution in [2.75, 3.05) is 31.1 Å². The van der Waals surface area contributed by atoms with E-state index in [0.29, 0.717) is 37.0 Å². The molecule has 0 N–H and O–H groups in total. The molecule has 146 valence electrons.